The summed E-state index contributed by atoms with van der Waals surface area (Å²) >= 11 is 0. The molecule has 2 heterocycles. The molecule has 0 spiro atoms. The number of carbonyl (C=O) groups excluding carboxylic acids is 1. The van der Waals surface area contributed by atoms with Crippen molar-refractivity contribution in [3.63, 3.8) is 0 Å². The van der Waals surface area contributed by atoms with Gasteiger partial charge >= 0.3 is 11.9 Å². The van der Waals surface area contributed by atoms with Crippen LogP contribution in [0, 0.1) is 0 Å². The summed E-state index contributed by atoms with van der Waals surface area (Å²) in [6.45, 7) is 0.442. The number of nitrogens with two attached hydrogens (primary N) is 2. The molecule has 0 aromatic carbocycles. The minimum absolute atomic E-state index is 0.188. The Hall–Kier alpha value is -4.00. The van der Waals surface area contributed by atoms with Crippen molar-refractivity contribution in [2.75, 3.05) is 12.4 Å². The molecule has 0 saturated heterocycles. The number of hydrogen-bond acceptors (Lipinski definition) is 10. The minimum atomic E-state index is -1.27. The van der Waals surface area contributed by atoms with E-state index in [0.717, 1.165) is 5.70 Å². The van der Waals surface area contributed by atoms with Crippen LogP contribution >= 0.6 is 0 Å². The van der Waals surface area contributed by atoms with Crippen molar-refractivity contribution in [3.05, 3.63) is 41.0 Å². The summed E-state index contributed by atoms with van der Waals surface area (Å²) in [5.41, 5.74) is 14.1. The molecule has 176 valence electrons. The van der Waals surface area contributed by atoms with E-state index in [4.69, 9.17) is 16.6 Å². The maximum absolute atomic E-state index is 12.4. The van der Waals surface area contributed by atoms with Crippen LogP contribution in [-0.2, 0) is 20.9 Å². The second kappa shape index (κ2) is 10.1. The number of nitrogens with zero attached hydrogens (tertiary/aromatic N) is 4. The van der Waals surface area contributed by atoms with E-state index in [0.29, 0.717) is 42.2 Å². The predicted molar refractivity (Wildman–Crippen MR) is 118 cm³/mol. The van der Waals surface area contributed by atoms with E-state index in [-0.39, 0.29) is 18.7 Å². The van der Waals surface area contributed by atoms with Crippen LogP contribution in [0.4, 0.5) is 5.82 Å². The lowest BCUT2D eigenvalue weighted by Gasteiger charge is -2.26. The number of fused-ring (bicyclic) bond motifs is 1. The Bertz CT molecular complexity index is 1050. The first kappa shape index (κ1) is 23.7. The molecule has 33 heavy (non-hydrogen) atoms. The Balaban J connectivity index is 1.63. The number of amidine groups is 1. The van der Waals surface area contributed by atoms with Crippen molar-refractivity contribution >= 4 is 29.5 Å². The topological polar surface area (TPSA) is 209 Å². The lowest BCUT2D eigenvalue weighted by Crippen LogP contribution is -2.42. The van der Waals surface area contributed by atoms with E-state index >= 15 is 0 Å². The van der Waals surface area contributed by atoms with E-state index in [1.54, 1.807) is 18.3 Å². The molecule has 8 N–H and O–H groups in total. The van der Waals surface area contributed by atoms with Gasteiger partial charge in [-0.2, -0.15) is 0 Å². The molecule has 0 bridgehead atoms. The van der Waals surface area contributed by atoms with E-state index in [2.05, 4.69) is 25.6 Å². The van der Waals surface area contributed by atoms with Gasteiger partial charge in [-0.3, -0.25) is 15.3 Å². The van der Waals surface area contributed by atoms with E-state index < -0.39 is 30.2 Å². The van der Waals surface area contributed by atoms with Gasteiger partial charge in [0.2, 0.25) is 5.91 Å². The number of carbonyl (C=O) groups is 3. The van der Waals surface area contributed by atoms with Crippen LogP contribution in [0.25, 0.3) is 0 Å². The average molecular weight is 458 g/mol. The predicted octanol–water partition coefficient (Wildman–Crippen LogP) is -0.680. The van der Waals surface area contributed by atoms with Crippen molar-refractivity contribution in [2.24, 2.45) is 16.5 Å². The van der Waals surface area contributed by atoms with Crippen molar-refractivity contribution in [2.45, 2.75) is 44.6 Å². The van der Waals surface area contributed by atoms with E-state index in [9.17, 15) is 19.5 Å². The van der Waals surface area contributed by atoms with Crippen LogP contribution in [-0.4, -0.2) is 68.1 Å². The second-order valence-corrected chi connectivity index (χ2v) is 7.66. The highest BCUT2D eigenvalue weighted by atomic mass is 16.4. The molecule has 2 aliphatic rings. The summed E-state index contributed by atoms with van der Waals surface area (Å²) in [6, 6.07) is -1.26. The van der Waals surface area contributed by atoms with Gasteiger partial charge in [-0.1, -0.05) is 6.08 Å². The van der Waals surface area contributed by atoms with Crippen molar-refractivity contribution in [1.29, 1.82) is 0 Å². The van der Waals surface area contributed by atoms with Crippen molar-refractivity contribution < 1.29 is 24.6 Å². The lowest BCUT2D eigenvalue weighted by atomic mass is 10.0. The Morgan fingerprint density at radius 3 is 2.70 bits per heavy atom. The first-order chi connectivity index (χ1) is 15.6. The molecule has 3 rings (SSSR count). The number of aliphatic imine (C=N–C) groups is 1. The van der Waals surface area contributed by atoms with Crippen LogP contribution in [0.1, 0.15) is 37.1 Å². The van der Waals surface area contributed by atoms with Gasteiger partial charge in [-0.15, -0.1) is 0 Å². The van der Waals surface area contributed by atoms with Gasteiger partial charge in [0.1, 0.15) is 11.7 Å². The summed E-state index contributed by atoms with van der Waals surface area (Å²) in [7, 11) is 1.88. The van der Waals surface area contributed by atoms with Crippen molar-refractivity contribution in [1.82, 2.24) is 20.2 Å². The van der Waals surface area contributed by atoms with E-state index in [1.807, 2.05) is 11.9 Å². The largest absolute Gasteiger partial charge is 0.481 e. The summed E-state index contributed by atoms with van der Waals surface area (Å²) < 4.78 is 0. The van der Waals surface area contributed by atoms with Gasteiger partial charge in [0.15, 0.2) is 17.9 Å². The number of aromatic nitrogens is 2. The number of nitrogens with one attached hydrogen (secondary N) is 2. The number of rotatable bonds is 9. The third-order valence-electron chi connectivity index (χ3n) is 5.19. The molecular weight excluding hydrogens is 432 g/mol. The molecule has 1 unspecified atom stereocenters. The van der Waals surface area contributed by atoms with Gasteiger partial charge in [0, 0.05) is 24.7 Å². The fraction of sp³-hybridized carbons (Fsp3) is 0.400. The van der Waals surface area contributed by atoms with Crippen molar-refractivity contribution in [3.8, 4) is 0 Å². The third-order valence-corrected chi connectivity index (χ3v) is 5.19. The molecule has 13 nitrogen and oxygen atoms in total. The first-order valence-corrected chi connectivity index (χ1v) is 10.2. The number of carboxylic acid groups (broad SMARTS) is 2. The highest BCUT2D eigenvalue weighted by molar-refractivity contribution is 6.01. The minimum Gasteiger partial charge on any atom is -0.481 e. The van der Waals surface area contributed by atoms with Gasteiger partial charge in [-0.05, 0) is 25.3 Å². The normalized spacial score (nSPS) is 18.0. The van der Waals surface area contributed by atoms with Crippen LogP contribution < -0.4 is 22.1 Å². The fourth-order valence-corrected chi connectivity index (χ4v) is 3.42. The highest BCUT2D eigenvalue weighted by Crippen LogP contribution is 2.23. The number of aliphatic carboxylic acids is 2. The monoisotopic (exact) mass is 458 g/mol. The number of anilines is 1. The molecule has 0 saturated carbocycles. The molecule has 2 atom stereocenters. The molecule has 1 aromatic heterocycles. The molecule has 0 radical (unpaired) electrons. The van der Waals surface area contributed by atoms with Crippen LogP contribution in [0.3, 0.4) is 0 Å². The van der Waals surface area contributed by atoms with Gasteiger partial charge in [0.25, 0.3) is 0 Å². The summed E-state index contributed by atoms with van der Waals surface area (Å²) in [5.74, 6) is -2.23. The van der Waals surface area contributed by atoms with Crippen LogP contribution in [0.5, 0.6) is 0 Å². The summed E-state index contributed by atoms with van der Waals surface area (Å²) in [5, 5.41) is 23.2. The zero-order chi connectivity index (χ0) is 24.1. The molecule has 1 aliphatic heterocycles. The number of carboxylic acids is 2. The smallest absolute Gasteiger partial charge is 0.326 e. The standard InChI is InChI=1S/C20H26N8O5/c1-28(9-11-8-23-17-15(24-11)16(21)26-20(22)27-17)12-4-2-10(3-5-12)18(31)25-13(19(32)33)6-7-14(29)30/h2,4,8,13,20H,3,5-7,9,22H2,1H3,(H2,21,26)(H,23,27)(H,25,31)(H,29,30)(H,32,33)/t13-,20?/m0/s1. The summed E-state index contributed by atoms with van der Waals surface area (Å²) in [6.07, 6.45) is 4.81. The number of allylic oxidation sites excluding steroid dienone is 3. The van der Waals surface area contributed by atoms with Gasteiger partial charge in [0.05, 0.1) is 18.4 Å². The Labute approximate surface area is 189 Å². The molecular formula is C20H26N8O5. The average Bonchev–Trinajstić information content (AvgIpc) is 2.76. The first-order valence-electron chi connectivity index (χ1n) is 10.2. The quantitative estimate of drug-likeness (QED) is 0.273. The Kier molecular flexibility index (Phi) is 7.23. The van der Waals surface area contributed by atoms with Gasteiger partial charge < -0.3 is 31.5 Å². The molecule has 1 aliphatic carbocycles. The maximum Gasteiger partial charge on any atom is 0.326 e. The molecule has 13 heteroatoms. The molecule has 1 amide bonds. The number of amides is 1. The zero-order valence-electron chi connectivity index (χ0n) is 18.0. The van der Waals surface area contributed by atoms with Crippen LogP contribution in [0.15, 0.2) is 34.6 Å². The Morgan fingerprint density at radius 1 is 1.30 bits per heavy atom. The van der Waals surface area contributed by atoms with E-state index in [1.165, 1.54) is 0 Å². The SMILES string of the molecule is CN(Cc1cnc2c(n1)C(N)=NC(N)N2)C1=CC=C(C(=O)N[C@@H](CCC(=O)O)C(=O)O)CC1. The molecule has 1 aromatic rings. The fourth-order valence-electron chi connectivity index (χ4n) is 3.42. The number of hydrogen-bond donors (Lipinski definition) is 6. The van der Waals surface area contributed by atoms with Gasteiger partial charge in [-0.25, -0.2) is 19.8 Å². The molecule has 0 fully saturated rings. The Morgan fingerprint density at radius 2 is 2.06 bits per heavy atom. The third kappa shape index (κ3) is 6.04. The van der Waals surface area contributed by atoms with Crippen LogP contribution in [0.2, 0.25) is 0 Å². The summed E-state index contributed by atoms with van der Waals surface area (Å²) in [4.78, 5) is 49.2. The second-order valence-electron chi connectivity index (χ2n) is 7.66. The lowest BCUT2D eigenvalue weighted by molar-refractivity contribution is -0.142. The highest BCUT2D eigenvalue weighted by Gasteiger charge is 2.24. The zero-order valence-corrected chi connectivity index (χ0v) is 18.0. The maximum atomic E-state index is 12.4.